The number of rotatable bonds is 6. The van der Waals surface area contributed by atoms with Gasteiger partial charge in [-0.2, -0.15) is 4.31 Å². The summed E-state index contributed by atoms with van der Waals surface area (Å²) in [6.45, 7) is 2.84. The normalized spacial score (nSPS) is 15.4. The SMILES string of the molecule is Cc1ccc(Cl)c2sc(N(Cc3ccncc3)C(=O)C3CCN(S(=O)(=O)c4ccc(Cl)s4)CC3)nc12. The van der Waals surface area contributed by atoms with Gasteiger partial charge in [-0.15, -0.1) is 11.3 Å². The summed E-state index contributed by atoms with van der Waals surface area (Å²) in [5.74, 6) is -0.398. The minimum absolute atomic E-state index is 0.0733. The molecule has 12 heteroatoms. The van der Waals surface area contributed by atoms with Gasteiger partial charge in [-0.05, 0) is 61.2 Å². The highest BCUT2D eigenvalue weighted by Gasteiger charge is 2.35. The fourth-order valence-corrected chi connectivity index (χ4v) is 8.67. The molecule has 1 saturated heterocycles. The molecule has 3 aromatic heterocycles. The Balaban J connectivity index is 1.40. The Bertz CT molecular complexity index is 1480. The zero-order valence-corrected chi connectivity index (χ0v) is 23.2. The summed E-state index contributed by atoms with van der Waals surface area (Å²) in [4.78, 5) is 24.4. The lowest BCUT2D eigenvalue weighted by Gasteiger charge is -2.32. The summed E-state index contributed by atoms with van der Waals surface area (Å²) in [5.41, 5.74) is 2.70. The highest BCUT2D eigenvalue weighted by molar-refractivity contribution is 7.91. The number of thiophene rings is 1. The number of halogens is 2. The standard InChI is InChI=1S/C24H22Cl2N4O3S3/c1-15-2-3-18(25)22-21(15)28-24(35-22)30(14-16-6-10-27-11-7-16)23(31)17-8-12-29(13-9-17)36(32,33)20-5-4-19(26)34-20/h2-7,10-11,17H,8-9,12-14H2,1H3. The predicted octanol–water partition coefficient (Wildman–Crippen LogP) is 6.00. The van der Waals surface area contributed by atoms with E-state index in [0.717, 1.165) is 32.7 Å². The fraction of sp³-hybridized carbons (Fsp3) is 0.292. The van der Waals surface area contributed by atoms with E-state index in [0.29, 0.717) is 33.9 Å². The number of thiazole rings is 1. The molecule has 1 aliphatic rings. The van der Waals surface area contributed by atoms with E-state index < -0.39 is 10.0 Å². The van der Waals surface area contributed by atoms with Crippen LogP contribution < -0.4 is 4.90 Å². The van der Waals surface area contributed by atoms with Crippen molar-refractivity contribution in [3.63, 3.8) is 0 Å². The molecule has 1 aliphatic heterocycles. The molecule has 0 bridgehead atoms. The van der Waals surface area contributed by atoms with Gasteiger partial charge in [0.2, 0.25) is 5.91 Å². The van der Waals surface area contributed by atoms with Crippen LogP contribution in [0, 0.1) is 12.8 Å². The van der Waals surface area contributed by atoms with E-state index in [4.69, 9.17) is 28.2 Å². The molecular formula is C24H22Cl2N4O3S3. The average Bonchev–Trinajstić information content (AvgIpc) is 3.53. The van der Waals surface area contributed by atoms with E-state index in [1.165, 1.54) is 21.7 Å². The van der Waals surface area contributed by atoms with Crippen LogP contribution in [0.4, 0.5) is 5.13 Å². The smallest absolute Gasteiger partial charge is 0.252 e. The number of amides is 1. The quantitative estimate of drug-likeness (QED) is 0.279. The number of hydrogen-bond acceptors (Lipinski definition) is 7. The number of benzene rings is 1. The molecule has 0 saturated carbocycles. The highest BCUT2D eigenvalue weighted by Crippen LogP contribution is 2.38. The zero-order chi connectivity index (χ0) is 25.4. The van der Waals surface area contributed by atoms with Crippen LogP contribution in [0.3, 0.4) is 0 Å². The van der Waals surface area contributed by atoms with Crippen molar-refractivity contribution in [2.75, 3.05) is 18.0 Å². The van der Waals surface area contributed by atoms with Gasteiger partial charge in [0, 0.05) is 31.4 Å². The van der Waals surface area contributed by atoms with Crippen molar-refractivity contribution in [1.82, 2.24) is 14.3 Å². The molecule has 0 unspecified atom stereocenters. The van der Waals surface area contributed by atoms with E-state index in [1.807, 2.05) is 31.2 Å². The highest BCUT2D eigenvalue weighted by atomic mass is 35.5. The first-order chi connectivity index (χ1) is 17.2. The number of aromatic nitrogens is 2. The third-order valence-electron chi connectivity index (χ3n) is 6.22. The lowest BCUT2D eigenvalue weighted by atomic mass is 9.96. The summed E-state index contributed by atoms with van der Waals surface area (Å²) in [6.07, 6.45) is 4.23. The van der Waals surface area contributed by atoms with Gasteiger partial charge in [0.15, 0.2) is 5.13 Å². The Kier molecular flexibility index (Phi) is 7.35. The van der Waals surface area contributed by atoms with Crippen molar-refractivity contribution >= 4 is 77.2 Å². The summed E-state index contributed by atoms with van der Waals surface area (Å²) >= 11 is 14.8. The Morgan fingerprint density at radius 2 is 1.81 bits per heavy atom. The Morgan fingerprint density at radius 1 is 1.08 bits per heavy atom. The van der Waals surface area contributed by atoms with Gasteiger partial charge in [0.25, 0.3) is 10.0 Å². The Morgan fingerprint density at radius 3 is 2.44 bits per heavy atom. The molecule has 4 aromatic rings. The lowest BCUT2D eigenvalue weighted by molar-refractivity contribution is -0.123. The number of anilines is 1. The number of hydrogen-bond donors (Lipinski definition) is 0. The van der Waals surface area contributed by atoms with Gasteiger partial charge in [-0.3, -0.25) is 14.7 Å². The van der Waals surface area contributed by atoms with E-state index in [1.54, 1.807) is 23.4 Å². The number of pyridine rings is 1. The van der Waals surface area contributed by atoms with Crippen LogP contribution in [0.5, 0.6) is 0 Å². The third-order valence-corrected chi connectivity index (χ3v) is 11.4. The molecule has 0 radical (unpaired) electrons. The van der Waals surface area contributed by atoms with Crippen LogP contribution in [0.2, 0.25) is 9.36 Å². The van der Waals surface area contributed by atoms with Gasteiger partial charge in [-0.25, -0.2) is 13.4 Å². The average molecular weight is 582 g/mol. The molecule has 1 fully saturated rings. The molecule has 0 aliphatic carbocycles. The molecule has 5 rings (SSSR count). The molecule has 4 heterocycles. The molecule has 1 aromatic carbocycles. The second kappa shape index (κ2) is 10.4. The first kappa shape index (κ1) is 25.6. The van der Waals surface area contributed by atoms with E-state index in [9.17, 15) is 13.2 Å². The Hall–Kier alpha value is -2.08. The summed E-state index contributed by atoms with van der Waals surface area (Å²) in [6, 6.07) is 10.6. The number of carbonyl (C=O) groups is 1. The maximum atomic E-state index is 13.8. The second-order valence-electron chi connectivity index (χ2n) is 8.56. The zero-order valence-electron chi connectivity index (χ0n) is 19.2. The van der Waals surface area contributed by atoms with Gasteiger partial charge in [0.05, 0.1) is 26.1 Å². The van der Waals surface area contributed by atoms with Gasteiger partial charge in [0.1, 0.15) is 4.21 Å². The van der Waals surface area contributed by atoms with Gasteiger partial charge >= 0.3 is 0 Å². The van der Waals surface area contributed by atoms with Crippen molar-refractivity contribution in [2.45, 2.75) is 30.5 Å². The topological polar surface area (TPSA) is 83.5 Å². The maximum absolute atomic E-state index is 13.8. The fourth-order valence-electron chi connectivity index (χ4n) is 4.24. The summed E-state index contributed by atoms with van der Waals surface area (Å²) in [7, 11) is -3.63. The molecule has 36 heavy (non-hydrogen) atoms. The lowest BCUT2D eigenvalue weighted by Crippen LogP contribution is -2.44. The monoisotopic (exact) mass is 580 g/mol. The number of piperidine rings is 1. The van der Waals surface area contributed by atoms with E-state index in [-0.39, 0.29) is 29.1 Å². The van der Waals surface area contributed by atoms with Crippen LogP contribution in [0.1, 0.15) is 24.0 Å². The predicted molar refractivity (Wildman–Crippen MR) is 146 cm³/mol. The van der Waals surface area contributed by atoms with Crippen LogP contribution in [-0.4, -0.2) is 41.7 Å². The number of fused-ring (bicyclic) bond motifs is 1. The second-order valence-corrected chi connectivity index (χ2v) is 13.8. The van der Waals surface area contributed by atoms with Crippen molar-refractivity contribution < 1.29 is 13.2 Å². The van der Waals surface area contributed by atoms with Crippen LogP contribution in [-0.2, 0) is 21.4 Å². The molecule has 1 amide bonds. The van der Waals surface area contributed by atoms with Crippen molar-refractivity contribution in [3.05, 3.63) is 69.3 Å². The molecule has 0 atom stereocenters. The molecule has 7 nitrogen and oxygen atoms in total. The van der Waals surface area contributed by atoms with Crippen molar-refractivity contribution in [3.8, 4) is 0 Å². The number of nitrogens with zero attached hydrogens (tertiary/aromatic N) is 4. The van der Waals surface area contributed by atoms with Gasteiger partial charge < -0.3 is 0 Å². The minimum Gasteiger partial charge on any atom is -0.283 e. The minimum atomic E-state index is -3.63. The van der Waals surface area contributed by atoms with E-state index in [2.05, 4.69) is 4.98 Å². The van der Waals surface area contributed by atoms with Crippen molar-refractivity contribution in [2.24, 2.45) is 5.92 Å². The van der Waals surface area contributed by atoms with Crippen molar-refractivity contribution in [1.29, 1.82) is 0 Å². The maximum Gasteiger partial charge on any atom is 0.252 e. The largest absolute Gasteiger partial charge is 0.283 e. The molecule has 188 valence electrons. The van der Waals surface area contributed by atoms with Gasteiger partial charge in [-0.1, -0.05) is 40.6 Å². The van der Waals surface area contributed by atoms with E-state index >= 15 is 0 Å². The number of aryl methyl sites for hydroxylation is 1. The third kappa shape index (κ3) is 5.03. The van der Waals surface area contributed by atoms with Crippen LogP contribution >= 0.6 is 45.9 Å². The molecule has 0 N–H and O–H groups in total. The van der Waals surface area contributed by atoms with Crippen LogP contribution in [0.25, 0.3) is 10.2 Å². The molecule has 0 spiro atoms. The first-order valence-corrected chi connectivity index (χ1v) is 15.1. The number of carbonyl (C=O) groups excluding carboxylic acids is 1. The number of sulfonamides is 1. The first-order valence-electron chi connectivity index (χ1n) is 11.3. The summed E-state index contributed by atoms with van der Waals surface area (Å²) in [5, 5.41) is 1.18. The Labute approximate surface area is 227 Å². The molecular weight excluding hydrogens is 559 g/mol. The summed E-state index contributed by atoms with van der Waals surface area (Å²) < 4.78 is 28.9. The van der Waals surface area contributed by atoms with Crippen LogP contribution in [0.15, 0.2) is 53.0 Å².